The molecular weight excluding hydrogens is 224 g/mol. The quantitative estimate of drug-likeness (QED) is 0.635. The Bertz CT molecular complexity index is 142. The van der Waals surface area contributed by atoms with Gasteiger partial charge < -0.3 is 5.32 Å². The number of hydrogen-bond acceptors (Lipinski definition) is 1. The molecule has 0 spiro atoms. The van der Waals surface area contributed by atoms with E-state index >= 15 is 0 Å². The maximum Gasteiger partial charge on any atom is 0.161 e. The Balaban J connectivity index is 3.60. The lowest BCUT2D eigenvalue weighted by Crippen LogP contribution is -2.38. The van der Waals surface area contributed by atoms with Crippen molar-refractivity contribution in [2.24, 2.45) is 0 Å². The summed E-state index contributed by atoms with van der Waals surface area (Å²) in [6.07, 6.45) is -8.80. The van der Waals surface area contributed by atoms with Crippen LogP contribution in [0.4, 0.5) is 26.3 Å². The topological polar surface area (TPSA) is 12.0 Å². The molecule has 0 aliphatic carbocycles. The molecule has 0 aliphatic heterocycles. The summed E-state index contributed by atoms with van der Waals surface area (Å²) in [5.41, 5.74) is 0. The van der Waals surface area contributed by atoms with E-state index in [1.165, 1.54) is 0 Å². The number of rotatable bonds is 8. The van der Waals surface area contributed by atoms with Crippen LogP contribution in [0.25, 0.3) is 0 Å². The van der Waals surface area contributed by atoms with E-state index in [0.29, 0.717) is 0 Å². The summed E-state index contributed by atoms with van der Waals surface area (Å²) >= 11 is 0. The molecular formula is C8H13F6N. The summed E-state index contributed by atoms with van der Waals surface area (Å²) in [5, 5.41) is 2.05. The first kappa shape index (κ1) is 14.5. The van der Waals surface area contributed by atoms with Gasteiger partial charge in [0.2, 0.25) is 0 Å². The summed E-state index contributed by atoms with van der Waals surface area (Å²) in [7, 11) is 0. The standard InChI is InChI=1S/C8H13F6N/c9-1-5(11)7(13)3-15-4-8(14)6(12)2-10/h5-8,15H,1-4H2. The first-order chi connectivity index (χ1) is 7.02. The fraction of sp³-hybridized carbons (Fsp3) is 1.00. The van der Waals surface area contributed by atoms with E-state index in [-0.39, 0.29) is 0 Å². The highest BCUT2D eigenvalue weighted by Crippen LogP contribution is 2.06. The normalized spacial score (nSPS) is 19.6. The molecule has 0 amide bonds. The molecule has 0 aromatic heterocycles. The third-order valence-corrected chi connectivity index (χ3v) is 1.76. The predicted molar refractivity (Wildman–Crippen MR) is 44.4 cm³/mol. The highest BCUT2D eigenvalue weighted by molar-refractivity contribution is 4.74. The molecule has 1 N–H and O–H groups in total. The first-order valence-corrected chi connectivity index (χ1v) is 4.41. The van der Waals surface area contributed by atoms with Gasteiger partial charge in [0.25, 0.3) is 0 Å². The molecule has 4 unspecified atom stereocenters. The van der Waals surface area contributed by atoms with Crippen molar-refractivity contribution in [3.63, 3.8) is 0 Å². The Labute approximate surface area is 83.8 Å². The van der Waals surface area contributed by atoms with Crippen LogP contribution in [-0.2, 0) is 0 Å². The van der Waals surface area contributed by atoms with Crippen molar-refractivity contribution in [3.05, 3.63) is 0 Å². The van der Waals surface area contributed by atoms with Crippen molar-refractivity contribution in [2.75, 3.05) is 26.4 Å². The Hall–Kier alpha value is -0.460. The molecule has 0 radical (unpaired) electrons. The molecule has 0 aliphatic rings. The van der Waals surface area contributed by atoms with Gasteiger partial charge in [0.05, 0.1) is 0 Å². The molecule has 0 fully saturated rings. The lowest BCUT2D eigenvalue weighted by Gasteiger charge is -2.14. The molecule has 0 saturated heterocycles. The predicted octanol–water partition coefficient (Wildman–Crippen LogP) is 1.87. The fourth-order valence-corrected chi connectivity index (χ4v) is 0.808. The molecule has 0 aromatic rings. The van der Waals surface area contributed by atoms with Crippen molar-refractivity contribution in [1.29, 1.82) is 0 Å². The molecule has 92 valence electrons. The number of alkyl halides is 6. The van der Waals surface area contributed by atoms with Gasteiger partial charge in [0.15, 0.2) is 12.3 Å². The van der Waals surface area contributed by atoms with Crippen LogP contribution in [0.3, 0.4) is 0 Å². The Kier molecular flexibility index (Phi) is 7.54. The minimum Gasteiger partial charge on any atom is -0.311 e. The number of hydrogen-bond donors (Lipinski definition) is 1. The van der Waals surface area contributed by atoms with E-state index in [4.69, 9.17) is 0 Å². The monoisotopic (exact) mass is 237 g/mol. The average Bonchev–Trinajstić information content (AvgIpc) is 2.26. The number of nitrogens with one attached hydrogen (secondary N) is 1. The van der Waals surface area contributed by atoms with Crippen molar-refractivity contribution in [2.45, 2.75) is 24.7 Å². The van der Waals surface area contributed by atoms with Crippen LogP contribution in [0.2, 0.25) is 0 Å². The van der Waals surface area contributed by atoms with Gasteiger partial charge in [0.1, 0.15) is 25.7 Å². The highest BCUT2D eigenvalue weighted by Gasteiger charge is 2.23. The van der Waals surface area contributed by atoms with Gasteiger partial charge in [0, 0.05) is 13.1 Å². The summed E-state index contributed by atoms with van der Waals surface area (Å²) in [5.74, 6) is 0. The minimum atomic E-state index is -2.28. The zero-order valence-electron chi connectivity index (χ0n) is 7.91. The Morgan fingerprint density at radius 3 is 1.27 bits per heavy atom. The van der Waals surface area contributed by atoms with Crippen molar-refractivity contribution >= 4 is 0 Å². The van der Waals surface area contributed by atoms with Crippen LogP contribution < -0.4 is 5.32 Å². The molecule has 0 heterocycles. The second kappa shape index (κ2) is 7.78. The lowest BCUT2D eigenvalue weighted by molar-refractivity contribution is 0.117. The van der Waals surface area contributed by atoms with E-state index < -0.39 is 51.1 Å². The van der Waals surface area contributed by atoms with Gasteiger partial charge >= 0.3 is 0 Å². The smallest absolute Gasteiger partial charge is 0.161 e. The molecule has 1 nitrogen and oxygen atoms in total. The molecule has 0 rings (SSSR count). The van der Waals surface area contributed by atoms with Crippen molar-refractivity contribution in [1.82, 2.24) is 5.32 Å². The Morgan fingerprint density at radius 2 is 1.00 bits per heavy atom. The summed E-state index contributed by atoms with van der Waals surface area (Å²) < 4.78 is 72.8. The zero-order valence-corrected chi connectivity index (χ0v) is 7.91. The molecule has 7 heteroatoms. The van der Waals surface area contributed by atoms with Gasteiger partial charge in [-0.05, 0) is 0 Å². The van der Waals surface area contributed by atoms with E-state index in [9.17, 15) is 26.3 Å². The van der Waals surface area contributed by atoms with E-state index in [2.05, 4.69) is 5.32 Å². The summed E-state index contributed by atoms with van der Waals surface area (Å²) in [6.45, 7) is -4.22. The first-order valence-electron chi connectivity index (χ1n) is 4.41. The van der Waals surface area contributed by atoms with Crippen molar-refractivity contribution < 1.29 is 26.3 Å². The fourth-order valence-electron chi connectivity index (χ4n) is 0.808. The number of halogens is 6. The van der Waals surface area contributed by atoms with Crippen LogP contribution in [0, 0.1) is 0 Å². The van der Waals surface area contributed by atoms with Gasteiger partial charge in [-0.1, -0.05) is 0 Å². The van der Waals surface area contributed by atoms with Gasteiger partial charge in [-0.25, -0.2) is 26.3 Å². The molecule has 0 saturated carbocycles. The minimum absolute atomic E-state index is 0.634. The van der Waals surface area contributed by atoms with E-state index in [1.807, 2.05) is 0 Å². The van der Waals surface area contributed by atoms with Crippen molar-refractivity contribution in [3.8, 4) is 0 Å². The maximum atomic E-state index is 12.6. The summed E-state index contributed by atoms with van der Waals surface area (Å²) in [4.78, 5) is 0. The van der Waals surface area contributed by atoms with Crippen LogP contribution in [0.15, 0.2) is 0 Å². The highest BCUT2D eigenvalue weighted by atomic mass is 19.2. The second-order valence-electron chi connectivity index (χ2n) is 3.03. The second-order valence-corrected chi connectivity index (χ2v) is 3.03. The molecule has 15 heavy (non-hydrogen) atoms. The van der Waals surface area contributed by atoms with Crippen LogP contribution in [0.5, 0.6) is 0 Å². The van der Waals surface area contributed by atoms with E-state index in [0.717, 1.165) is 0 Å². The van der Waals surface area contributed by atoms with Gasteiger partial charge in [-0.15, -0.1) is 0 Å². The van der Waals surface area contributed by atoms with Crippen LogP contribution >= 0.6 is 0 Å². The van der Waals surface area contributed by atoms with Crippen LogP contribution in [-0.4, -0.2) is 51.1 Å². The maximum absolute atomic E-state index is 12.6. The van der Waals surface area contributed by atoms with Gasteiger partial charge in [-0.3, -0.25) is 0 Å². The lowest BCUT2D eigenvalue weighted by atomic mass is 10.2. The van der Waals surface area contributed by atoms with Gasteiger partial charge in [-0.2, -0.15) is 0 Å². The van der Waals surface area contributed by atoms with E-state index in [1.54, 1.807) is 0 Å². The Morgan fingerprint density at radius 1 is 0.667 bits per heavy atom. The largest absolute Gasteiger partial charge is 0.311 e. The SMILES string of the molecule is FCC(F)C(F)CNCC(F)C(F)CF. The zero-order chi connectivity index (χ0) is 11.8. The molecule has 4 atom stereocenters. The van der Waals surface area contributed by atoms with Crippen LogP contribution in [0.1, 0.15) is 0 Å². The average molecular weight is 237 g/mol. The summed E-state index contributed by atoms with van der Waals surface area (Å²) in [6, 6.07) is 0. The molecule has 0 bridgehead atoms. The molecule has 0 aromatic carbocycles. The third-order valence-electron chi connectivity index (χ3n) is 1.76. The third kappa shape index (κ3) is 5.86.